The predicted octanol–water partition coefficient (Wildman–Crippen LogP) is 0.897. The van der Waals surface area contributed by atoms with Crippen LogP contribution in [0.3, 0.4) is 0 Å². The Morgan fingerprint density at radius 3 is 2.60 bits per heavy atom. The number of aliphatic hydroxyl groups is 1. The second-order valence-electron chi connectivity index (χ2n) is 4.78. The molecule has 0 fully saturated rings. The molecule has 0 saturated heterocycles. The zero-order chi connectivity index (χ0) is 15.1. The number of carbonyl (C=O) groups is 2. The van der Waals surface area contributed by atoms with Crippen LogP contribution in [-0.4, -0.2) is 41.3 Å². The summed E-state index contributed by atoms with van der Waals surface area (Å²) in [7, 11) is 0. The molecule has 3 N–H and O–H groups in total. The van der Waals surface area contributed by atoms with E-state index in [1.165, 1.54) is 6.07 Å². The van der Waals surface area contributed by atoms with Crippen LogP contribution in [0.2, 0.25) is 0 Å². The van der Waals surface area contributed by atoms with Crippen LogP contribution in [0.5, 0.6) is 5.75 Å². The molecule has 1 aromatic rings. The fourth-order valence-electron chi connectivity index (χ4n) is 1.42. The molecule has 1 aromatic carbocycles. The van der Waals surface area contributed by atoms with Crippen LogP contribution in [-0.2, 0) is 4.79 Å². The Morgan fingerprint density at radius 1 is 1.35 bits per heavy atom. The average molecular weight is 281 g/mol. The van der Waals surface area contributed by atoms with Crippen molar-refractivity contribution < 1.29 is 24.5 Å². The van der Waals surface area contributed by atoms with E-state index in [-0.39, 0.29) is 5.56 Å². The summed E-state index contributed by atoms with van der Waals surface area (Å²) in [5.74, 6) is -0.949. The van der Waals surface area contributed by atoms with Gasteiger partial charge in [0.1, 0.15) is 5.75 Å². The van der Waals surface area contributed by atoms with E-state index in [2.05, 4.69) is 5.32 Å². The van der Waals surface area contributed by atoms with Gasteiger partial charge >= 0.3 is 5.97 Å². The van der Waals surface area contributed by atoms with E-state index in [0.717, 1.165) is 0 Å². The summed E-state index contributed by atoms with van der Waals surface area (Å²) in [4.78, 5) is 22.6. The summed E-state index contributed by atoms with van der Waals surface area (Å²) in [6.45, 7) is 3.88. The number of hydrogen-bond donors (Lipinski definition) is 3. The smallest absolute Gasteiger partial charge is 0.328 e. The fourth-order valence-corrected chi connectivity index (χ4v) is 1.42. The first-order chi connectivity index (χ1) is 9.43. The number of ether oxygens (including phenoxy) is 1. The summed E-state index contributed by atoms with van der Waals surface area (Å²) in [5, 5.41) is 19.9. The molecular formula is C14H19NO5. The summed E-state index contributed by atoms with van der Waals surface area (Å²) in [5.41, 5.74) is 0.283. The van der Waals surface area contributed by atoms with E-state index in [1.807, 2.05) is 13.8 Å². The van der Waals surface area contributed by atoms with Gasteiger partial charge in [0.15, 0.2) is 6.04 Å². The maximum atomic E-state index is 11.9. The Bertz CT molecular complexity index is 472. The van der Waals surface area contributed by atoms with Crippen LogP contribution < -0.4 is 10.1 Å². The van der Waals surface area contributed by atoms with E-state index < -0.39 is 24.5 Å². The highest BCUT2D eigenvalue weighted by Gasteiger charge is 2.19. The Labute approximate surface area is 117 Å². The Balaban J connectivity index is 2.73. The van der Waals surface area contributed by atoms with Crippen molar-refractivity contribution in [1.29, 1.82) is 0 Å². The largest absolute Gasteiger partial charge is 0.493 e. The Morgan fingerprint density at radius 2 is 2.05 bits per heavy atom. The number of aliphatic hydroxyl groups excluding tert-OH is 1. The van der Waals surface area contributed by atoms with Gasteiger partial charge in [0.2, 0.25) is 0 Å². The molecule has 0 bridgehead atoms. The maximum Gasteiger partial charge on any atom is 0.328 e. The van der Waals surface area contributed by atoms with E-state index >= 15 is 0 Å². The quantitative estimate of drug-likeness (QED) is 0.690. The molecule has 0 aliphatic heterocycles. The minimum absolute atomic E-state index is 0.283. The number of carboxylic acids is 1. The molecule has 20 heavy (non-hydrogen) atoms. The van der Waals surface area contributed by atoms with Gasteiger partial charge < -0.3 is 20.3 Å². The van der Waals surface area contributed by atoms with Crippen molar-refractivity contribution >= 4 is 11.9 Å². The van der Waals surface area contributed by atoms with Gasteiger partial charge in [-0.3, -0.25) is 4.79 Å². The lowest BCUT2D eigenvalue weighted by Gasteiger charge is -2.13. The predicted molar refractivity (Wildman–Crippen MR) is 72.8 cm³/mol. The molecule has 0 saturated carbocycles. The maximum absolute atomic E-state index is 11.9. The second kappa shape index (κ2) is 7.49. The van der Waals surface area contributed by atoms with Crippen molar-refractivity contribution in [2.24, 2.45) is 5.92 Å². The van der Waals surface area contributed by atoms with E-state index in [0.29, 0.717) is 18.3 Å². The Hall–Kier alpha value is -2.08. The number of nitrogens with one attached hydrogen (secondary N) is 1. The van der Waals surface area contributed by atoms with Crippen LogP contribution >= 0.6 is 0 Å². The fraction of sp³-hybridized carbons (Fsp3) is 0.429. The lowest BCUT2D eigenvalue weighted by Crippen LogP contribution is -2.43. The zero-order valence-corrected chi connectivity index (χ0v) is 11.5. The van der Waals surface area contributed by atoms with Gasteiger partial charge in [-0.25, -0.2) is 4.79 Å². The molecule has 1 rings (SSSR count). The highest BCUT2D eigenvalue weighted by molar-refractivity contribution is 5.96. The summed E-state index contributed by atoms with van der Waals surface area (Å²) in [6, 6.07) is 5.14. The first kappa shape index (κ1) is 16.0. The number of rotatable bonds is 7. The molecule has 0 radical (unpaired) electrons. The molecular weight excluding hydrogens is 262 g/mol. The van der Waals surface area contributed by atoms with Crippen LogP contribution in [0.25, 0.3) is 0 Å². The standard InChI is InChI=1S/C14H19NO5/c1-9(2)8-20-11-5-3-4-10(6-11)13(17)15-12(7-16)14(18)19/h3-6,9,12,16H,7-8H2,1-2H3,(H,15,17)(H,18,19)/t12-/m0/s1. The van der Waals surface area contributed by atoms with Crippen molar-refractivity contribution in [2.75, 3.05) is 13.2 Å². The third-order valence-electron chi connectivity index (χ3n) is 2.47. The normalized spacial score (nSPS) is 12.0. The van der Waals surface area contributed by atoms with Crippen LogP contribution in [0.15, 0.2) is 24.3 Å². The molecule has 110 valence electrons. The molecule has 0 aliphatic carbocycles. The molecule has 0 aromatic heterocycles. The zero-order valence-electron chi connectivity index (χ0n) is 11.5. The van der Waals surface area contributed by atoms with Gasteiger partial charge in [-0.1, -0.05) is 19.9 Å². The van der Waals surface area contributed by atoms with Crippen LogP contribution in [0, 0.1) is 5.92 Å². The van der Waals surface area contributed by atoms with Crippen molar-refractivity contribution in [1.82, 2.24) is 5.32 Å². The number of carbonyl (C=O) groups excluding carboxylic acids is 1. The van der Waals surface area contributed by atoms with Crippen LogP contribution in [0.1, 0.15) is 24.2 Å². The van der Waals surface area contributed by atoms with E-state index in [9.17, 15) is 9.59 Å². The molecule has 0 unspecified atom stereocenters. The van der Waals surface area contributed by atoms with Gasteiger partial charge in [0, 0.05) is 5.56 Å². The average Bonchev–Trinajstić information content (AvgIpc) is 2.42. The summed E-state index contributed by atoms with van der Waals surface area (Å²) < 4.78 is 5.49. The van der Waals surface area contributed by atoms with Gasteiger partial charge in [-0.2, -0.15) is 0 Å². The van der Waals surface area contributed by atoms with Gasteiger partial charge in [-0.05, 0) is 24.1 Å². The molecule has 0 heterocycles. The lowest BCUT2D eigenvalue weighted by atomic mass is 10.2. The third-order valence-corrected chi connectivity index (χ3v) is 2.47. The minimum Gasteiger partial charge on any atom is -0.493 e. The number of aliphatic carboxylic acids is 1. The van der Waals surface area contributed by atoms with Crippen molar-refractivity contribution in [3.05, 3.63) is 29.8 Å². The van der Waals surface area contributed by atoms with Crippen molar-refractivity contribution in [2.45, 2.75) is 19.9 Å². The third kappa shape index (κ3) is 4.89. The van der Waals surface area contributed by atoms with Crippen LogP contribution in [0.4, 0.5) is 0 Å². The number of amides is 1. The minimum atomic E-state index is -1.32. The summed E-state index contributed by atoms with van der Waals surface area (Å²) >= 11 is 0. The first-order valence-electron chi connectivity index (χ1n) is 6.31. The molecule has 6 heteroatoms. The molecule has 1 atom stereocenters. The van der Waals surface area contributed by atoms with Crippen molar-refractivity contribution in [3.8, 4) is 5.75 Å². The lowest BCUT2D eigenvalue weighted by molar-refractivity contribution is -0.140. The highest BCUT2D eigenvalue weighted by atomic mass is 16.5. The first-order valence-corrected chi connectivity index (χ1v) is 6.31. The van der Waals surface area contributed by atoms with Gasteiger partial charge in [0.25, 0.3) is 5.91 Å². The number of benzene rings is 1. The molecule has 0 spiro atoms. The molecule has 1 amide bonds. The second-order valence-corrected chi connectivity index (χ2v) is 4.78. The molecule has 0 aliphatic rings. The van der Waals surface area contributed by atoms with E-state index in [1.54, 1.807) is 18.2 Å². The van der Waals surface area contributed by atoms with Gasteiger partial charge in [0.05, 0.1) is 13.2 Å². The van der Waals surface area contributed by atoms with Gasteiger partial charge in [-0.15, -0.1) is 0 Å². The number of carboxylic acid groups (broad SMARTS) is 1. The van der Waals surface area contributed by atoms with Crippen molar-refractivity contribution in [3.63, 3.8) is 0 Å². The number of hydrogen-bond acceptors (Lipinski definition) is 4. The monoisotopic (exact) mass is 281 g/mol. The SMILES string of the molecule is CC(C)COc1cccc(C(=O)N[C@@H](CO)C(=O)O)c1. The topological polar surface area (TPSA) is 95.9 Å². The summed E-state index contributed by atoms with van der Waals surface area (Å²) in [6.07, 6.45) is 0. The van der Waals surface area contributed by atoms with E-state index in [4.69, 9.17) is 14.9 Å². The molecule has 6 nitrogen and oxygen atoms in total. The highest BCUT2D eigenvalue weighted by Crippen LogP contribution is 2.14. The Kier molecular flexibility index (Phi) is 5.99.